The van der Waals surface area contributed by atoms with E-state index < -0.39 is 0 Å². The molecule has 0 amide bonds. The zero-order valence-corrected chi connectivity index (χ0v) is 10.6. The number of nitriles is 1. The summed E-state index contributed by atoms with van der Waals surface area (Å²) in [5, 5.41) is 20.1. The van der Waals surface area contributed by atoms with Crippen molar-refractivity contribution in [3.05, 3.63) is 23.0 Å². The summed E-state index contributed by atoms with van der Waals surface area (Å²) in [6.07, 6.45) is 0.607. The van der Waals surface area contributed by atoms with E-state index in [9.17, 15) is 0 Å². The molecular formula is C11H14N6O. The van der Waals surface area contributed by atoms with Crippen molar-refractivity contribution >= 4 is 5.82 Å². The first-order valence-electron chi connectivity index (χ1n) is 5.58. The molecule has 0 spiro atoms. The van der Waals surface area contributed by atoms with Crippen LogP contribution in [-0.2, 0) is 13.5 Å². The van der Waals surface area contributed by atoms with Crippen molar-refractivity contribution < 1.29 is 4.52 Å². The fraction of sp³-hybridized carbons (Fsp3) is 0.455. The number of anilines is 1. The van der Waals surface area contributed by atoms with Crippen LogP contribution in [0.1, 0.15) is 23.0 Å². The maximum absolute atomic E-state index is 9.05. The van der Waals surface area contributed by atoms with Crippen LogP contribution in [0.4, 0.5) is 5.82 Å². The lowest BCUT2D eigenvalue weighted by Gasteiger charge is -2.04. The van der Waals surface area contributed by atoms with Gasteiger partial charge in [-0.3, -0.25) is 4.68 Å². The third-order valence-corrected chi connectivity index (χ3v) is 2.53. The molecule has 0 aliphatic heterocycles. The van der Waals surface area contributed by atoms with E-state index in [1.54, 1.807) is 18.7 Å². The van der Waals surface area contributed by atoms with Gasteiger partial charge in [-0.15, -0.1) is 0 Å². The van der Waals surface area contributed by atoms with Crippen molar-refractivity contribution in [3.8, 4) is 6.07 Å². The predicted octanol–water partition coefficient (Wildman–Crippen LogP) is 0.946. The summed E-state index contributed by atoms with van der Waals surface area (Å²) in [5.74, 6) is 1.92. The van der Waals surface area contributed by atoms with Gasteiger partial charge in [-0.2, -0.15) is 15.3 Å². The number of nitrogens with zero attached hydrogens (tertiary/aromatic N) is 5. The van der Waals surface area contributed by atoms with Gasteiger partial charge in [0.2, 0.25) is 5.89 Å². The number of aromatic nitrogens is 4. The largest absolute Gasteiger partial charge is 0.369 e. The molecule has 1 N–H and O–H groups in total. The van der Waals surface area contributed by atoms with Crippen LogP contribution >= 0.6 is 0 Å². The van der Waals surface area contributed by atoms with Crippen LogP contribution in [0, 0.1) is 25.2 Å². The van der Waals surface area contributed by atoms with Gasteiger partial charge in [-0.25, -0.2) is 0 Å². The SMILES string of the molecule is Cc1noc(CCNc2c(C#N)c(C)nn2C)n1. The Kier molecular flexibility index (Phi) is 3.28. The molecule has 0 radical (unpaired) electrons. The molecule has 94 valence electrons. The molecule has 0 aliphatic carbocycles. The number of nitrogens with one attached hydrogen (secondary N) is 1. The highest BCUT2D eigenvalue weighted by molar-refractivity contribution is 5.54. The molecule has 2 aromatic heterocycles. The molecule has 2 heterocycles. The number of rotatable bonds is 4. The Morgan fingerprint density at radius 3 is 2.83 bits per heavy atom. The van der Waals surface area contributed by atoms with Crippen molar-refractivity contribution in [1.82, 2.24) is 19.9 Å². The number of aryl methyl sites for hydroxylation is 3. The van der Waals surface area contributed by atoms with Crippen LogP contribution in [0.25, 0.3) is 0 Å². The quantitative estimate of drug-likeness (QED) is 0.863. The maximum atomic E-state index is 9.05. The lowest BCUT2D eigenvalue weighted by atomic mass is 10.2. The van der Waals surface area contributed by atoms with Crippen LogP contribution in [0.15, 0.2) is 4.52 Å². The molecule has 0 bridgehead atoms. The molecule has 0 fully saturated rings. The van der Waals surface area contributed by atoms with Gasteiger partial charge >= 0.3 is 0 Å². The van der Waals surface area contributed by atoms with Gasteiger partial charge in [0.15, 0.2) is 5.82 Å². The molecule has 7 heteroatoms. The van der Waals surface area contributed by atoms with Crippen molar-refractivity contribution in [2.75, 3.05) is 11.9 Å². The lowest BCUT2D eigenvalue weighted by Crippen LogP contribution is -2.09. The van der Waals surface area contributed by atoms with E-state index in [4.69, 9.17) is 9.78 Å². The topological polar surface area (TPSA) is 92.6 Å². The minimum absolute atomic E-state index is 0.569. The van der Waals surface area contributed by atoms with E-state index in [1.165, 1.54) is 0 Å². The molecule has 2 aromatic rings. The Balaban J connectivity index is 2.01. The van der Waals surface area contributed by atoms with Crippen LogP contribution in [-0.4, -0.2) is 26.5 Å². The molecule has 0 saturated carbocycles. The molecule has 0 aliphatic rings. The summed E-state index contributed by atoms with van der Waals surface area (Å²) < 4.78 is 6.67. The van der Waals surface area contributed by atoms with E-state index in [1.807, 2.05) is 6.92 Å². The van der Waals surface area contributed by atoms with E-state index >= 15 is 0 Å². The van der Waals surface area contributed by atoms with Gasteiger partial charge in [0.25, 0.3) is 0 Å². The Bertz CT molecular complexity index is 591. The minimum Gasteiger partial charge on any atom is -0.369 e. The summed E-state index contributed by atoms with van der Waals surface area (Å²) >= 11 is 0. The first-order valence-corrected chi connectivity index (χ1v) is 5.58. The fourth-order valence-electron chi connectivity index (χ4n) is 1.72. The molecule has 0 aromatic carbocycles. The third kappa shape index (κ3) is 2.32. The molecule has 0 saturated heterocycles. The zero-order valence-electron chi connectivity index (χ0n) is 10.6. The Morgan fingerprint density at radius 2 is 2.22 bits per heavy atom. The van der Waals surface area contributed by atoms with Crippen molar-refractivity contribution in [3.63, 3.8) is 0 Å². The van der Waals surface area contributed by atoms with E-state index in [0.29, 0.717) is 36.1 Å². The first-order chi connectivity index (χ1) is 8.61. The molecule has 2 rings (SSSR count). The molecule has 7 nitrogen and oxygen atoms in total. The highest BCUT2D eigenvalue weighted by atomic mass is 16.5. The van der Waals surface area contributed by atoms with Crippen molar-refractivity contribution in [1.29, 1.82) is 5.26 Å². The summed E-state index contributed by atoms with van der Waals surface area (Å²) in [4.78, 5) is 4.11. The Morgan fingerprint density at radius 1 is 1.44 bits per heavy atom. The van der Waals surface area contributed by atoms with Crippen molar-refractivity contribution in [2.24, 2.45) is 7.05 Å². The third-order valence-electron chi connectivity index (χ3n) is 2.53. The van der Waals surface area contributed by atoms with E-state index in [0.717, 1.165) is 5.69 Å². The van der Waals surface area contributed by atoms with Crippen LogP contribution in [0.5, 0.6) is 0 Å². The summed E-state index contributed by atoms with van der Waals surface area (Å²) in [6.45, 7) is 4.19. The standard InChI is InChI=1S/C11H14N6O/c1-7-9(6-12)11(17(3)15-7)13-5-4-10-14-8(2)16-18-10/h13H,4-5H2,1-3H3. The second kappa shape index (κ2) is 4.87. The first kappa shape index (κ1) is 12.1. The number of hydrogen-bond donors (Lipinski definition) is 1. The second-order valence-electron chi connectivity index (χ2n) is 3.96. The maximum Gasteiger partial charge on any atom is 0.228 e. The highest BCUT2D eigenvalue weighted by Crippen LogP contribution is 2.17. The van der Waals surface area contributed by atoms with Gasteiger partial charge in [0.1, 0.15) is 17.5 Å². The average molecular weight is 246 g/mol. The zero-order chi connectivity index (χ0) is 13.1. The fourth-order valence-corrected chi connectivity index (χ4v) is 1.72. The second-order valence-corrected chi connectivity index (χ2v) is 3.96. The summed E-state index contributed by atoms with van der Waals surface area (Å²) in [7, 11) is 1.80. The van der Waals surface area contributed by atoms with E-state index in [2.05, 4.69) is 26.6 Å². The van der Waals surface area contributed by atoms with Gasteiger partial charge < -0.3 is 9.84 Å². The lowest BCUT2D eigenvalue weighted by molar-refractivity contribution is 0.377. The Labute approximate surface area is 104 Å². The average Bonchev–Trinajstić information content (AvgIpc) is 2.84. The number of hydrogen-bond acceptors (Lipinski definition) is 6. The summed E-state index contributed by atoms with van der Waals surface area (Å²) in [5.41, 5.74) is 1.29. The smallest absolute Gasteiger partial charge is 0.228 e. The minimum atomic E-state index is 0.569. The van der Waals surface area contributed by atoms with E-state index in [-0.39, 0.29) is 0 Å². The van der Waals surface area contributed by atoms with Crippen LogP contribution < -0.4 is 5.32 Å². The highest BCUT2D eigenvalue weighted by Gasteiger charge is 2.12. The monoisotopic (exact) mass is 246 g/mol. The molecule has 18 heavy (non-hydrogen) atoms. The van der Waals surface area contributed by atoms with Gasteiger partial charge in [-0.05, 0) is 13.8 Å². The normalized spacial score (nSPS) is 10.3. The molecule has 0 atom stereocenters. The Hall–Kier alpha value is -2.36. The van der Waals surface area contributed by atoms with Gasteiger partial charge in [0, 0.05) is 20.0 Å². The van der Waals surface area contributed by atoms with Crippen LogP contribution in [0.2, 0.25) is 0 Å². The molecule has 0 unspecified atom stereocenters. The van der Waals surface area contributed by atoms with Gasteiger partial charge in [0.05, 0.1) is 5.69 Å². The predicted molar refractivity (Wildman–Crippen MR) is 63.9 cm³/mol. The van der Waals surface area contributed by atoms with Gasteiger partial charge in [-0.1, -0.05) is 5.16 Å². The van der Waals surface area contributed by atoms with Crippen LogP contribution in [0.3, 0.4) is 0 Å². The molecular weight excluding hydrogens is 232 g/mol. The van der Waals surface area contributed by atoms with Crippen molar-refractivity contribution in [2.45, 2.75) is 20.3 Å². The summed E-state index contributed by atoms with van der Waals surface area (Å²) in [6, 6.07) is 2.14.